The minimum Gasteiger partial charge on any atom is -0.368 e. The van der Waals surface area contributed by atoms with E-state index in [1.807, 2.05) is 36.5 Å². The number of nitrogen functional groups attached to an aromatic ring is 1. The van der Waals surface area contributed by atoms with Gasteiger partial charge in [0.1, 0.15) is 10.8 Å². The van der Waals surface area contributed by atoms with Crippen molar-refractivity contribution in [2.75, 3.05) is 11.1 Å². The van der Waals surface area contributed by atoms with Crippen molar-refractivity contribution >= 4 is 23.1 Å². The van der Waals surface area contributed by atoms with Gasteiger partial charge in [-0.3, -0.25) is 0 Å². The molecule has 0 amide bonds. The van der Waals surface area contributed by atoms with E-state index >= 15 is 0 Å². The predicted octanol–water partition coefficient (Wildman–Crippen LogP) is 5.08. The highest BCUT2D eigenvalue weighted by Crippen LogP contribution is 2.27. The molecule has 2 aromatic heterocycles. The summed E-state index contributed by atoms with van der Waals surface area (Å²) in [5, 5.41) is 4.36. The van der Waals surface area contributed by atoms with E-state index in [2.05, 4.69) is 58.4 Å². The van der Waals surface area contributed by atoms with Crippen molar-refractivity contribution in [1.82, 2.24) is 15.0 Å². The Morgan fingerprint density at radius 2 is 1.82 bits per heavy atom. The van der Waals surface area contributed by atoms with Crippen molar-refractivity contribution in [2.45, 2.75) is 20.4 Å². The minimum atomic E-state index is 0.259. The summed E-state index contributed by atoms with van der Waals surface area (Å²) in [5.41, 5.74) is 11.4. The number of nitrogens with zero attached hydrogens (tertiary/aromatic N) is 3. The molecule has 28 heavy (non-hydrogen) atoms. The Hall–Kier alpha value is -3.25. The van der Waals surface area contributed by atoms with Crippen molar-refractivity contribution in [3.63, 3.8) is 0 Å². The van der Waals surface area contributed by atoms with Crippen molar-refractivity contribution < 1.29 is 0 Å². The molecule has 0 aliphatic carbocycles. The normalized spacial score (nSPS) is 10.8. The van der Waals surface area contributed by atoms with E-state index < -0.39 is 0 Å². The molecular formula is C22H21N5S. The van der Waals surface area contributed by atoms with E-state index in [-0.39, 0.29) is 5.95 Å². The first-order valence-corrected chi connectivity index (χ1v) is 9.87. The summed E-state index contributed by atoms with van der Waals surface area (Å²) >= 11 is 1.67. The van der Waals surface area contributed by atoms with Crippen LogP contribution in [0.2, 0.25) is 0 Å². The first-order chi connectivity index (χ1) is 13.6. The fraction of sp³-hybridized carbons (Fsp3) is 0.136. The highest BCUT2D eigenvalue weighted by molar-refractivity contribution is 7.15. The van der Waals surface area contributed by atoms with Crippen LogP contribution in [-0.4, -0.2) is 15.0 Å². The number of thiazole rings is 1. The Kier molecular flexibility index (Phi) is 5.04. The molecule has 0 atom stereocenters. The largest absolute Gasteiger partial charge is 0.368 e. The standard InChI is InChI=1S/C22H21N5S/c1-14-7-6-10-18(15(14)2)19-11-20(27-22(23)26-19)24-12-17-13-25-21(28-17)16-8-4-3-5-9-16/h3-11,13H,12H2,1-2H3,(H3,23,24,26,27). The van der Waals surface area contributed by atoms with Crippen LogP contribution in [0.3, 0.4) is 0 Å². The lowest BCUT2D eigenvalue weighted by Gasteiger charge is -2.11. The molecule has 4 rings (SSSR count). The second-order valence-electron chi connectivity index (χ2n) is 6.60. The molecule has 140 valence electrons. The third-order valence-electron chi connectivity index (χ3n) is 4.64. The van der Waals surface area contributed by atoms with Gasteiger partial charge in [-0.15, -0.1) is 11.3 Å². The second-order valence-corrected chi connectivity index (χ2v) is 7.71. The number of aromatic nitrogens is 3. The van der Waals surface area contributed by atoms with Crippen molar-refractivity contribution in [3.05, 3.63) is 76.8 Å². The summed E-state index contributed by atoms with van der Waals surface area (Å²) in [6.07, 6.45) is 1.90. The van der Waals surface area contributed by atoms with E-state index in [4.69, 9.17) is 5.73 Å². The van der Waals surface area contributed by atoms with Gasteiger partial charge in [0.25, 0.3) is 0 Å². The Labute approximate surface area is 168 Å². The number of benzene rings is 2. The van der Waals surface area contributed by atoms with Crippen LogP contribution in [0.5, 0.6) is 0 Å². The van der Waals surface area contributed by atoms with Gasteiger partial charge in [0, 0.05) is 28.3 Å². The zero-order valence-corrected chi connectivity index (χ0v) is 16.6. The fourth-order valence-corrected chi connectivity index (χ4v) is 3.86. The number of rotatable bonds is 5. The molecule has 0 aliphatic rings. The quantitative estimate of drug-likeness (QED) is 0.499. The van der Waals surface area contributed by atoms with Gasteiger partial charge in [-0.2, -0.15) is 4.98 Å². The predicted molar refractivity (Wildman–Crippen MR) is 116 cm³/mol. The van der Waals surface area contributed by atoms with Gasteiger partial charge in [-0.05, 0) is 25.0 Å². The van der Waals surface area contributed by atoms with Crippen LogP contribution in [0, 0.1) is 13.8 Å². The first kappa shape index (κ1) is 18.1. The maximum absolute atomic E-state index is 5.96. The van der Waals surface area contributed by atoms with Crippen LogP contribution in [-0.2, 0) is 6.54 Å². The fourth-order valence-electron chi connectivity index (χ4n) is 3.00. The van der Waals surface area contributed by atoms with Gasteiger partial charge in [0.15, 0.2) is 0 Å². The summed E-state index contributed by atoms with van der Waals surface area (Å²) < 4.78 is 0. The number of hydrogen-bond acceptors (Lipinski definition) is 6. The van der Waals surface area contributed by atoms with Crippen LogP contribution in [0.25, 0.3) is 21.8 Å². The van der Waals surface area contributed by atoms with Crippen LogP contribution in [0.15, 0.2) is 60.8 Å². The van der Waals surface area contributed by atoms with Gasteiger partial charge in [0.2, 0.25) is 5.95 Å². The lowest BCUT2D eigenvalue weighted by Crippen LogP contribution is -2.05. The summed E-state index contributed by atoms with van der Waals surface area (Å²) in [4.78, 5) is 14.4. The van der Waals surface area contributed by atoms with E-state index in [1.165, 1.54) is 11.1 Å². The Morgan fingerprint density at radius 3 is 2.64 bits per heavy atom. The van der Waals surface area contributed by atoms with Crippen molar-refractivity contribution in [3.8, 4) is 21.8 Å². The first-order valence-electron chi connectivity index (χ1n) is 9.05. The summed E-state index contributed by atoms with van der Waals surface area (Å²) in [6.45, 7) is 4.82. The molecule has 0 saturated heterocycles. The maximum Gasteiger partial charge on any atom is 0.222 e. The number of anilines is 2. The third-order valence-corrected chi connectivity index (χ3v) is 5.69. The lowest BCUT2D eigenvalue weighted by molar-refractivity contribution is 1.10. The van der Waals surface area contributed by atoms with Crippen LogP contribution >= 0.6 is 11.3 Å². The number of nitrogens with two attached hydrogens (primary N) is 1. The maximum atomic E-state index is 5.96. The molecule has 0 unspecified atom stereocenters. The number of hydrogen-bond donors (Lipinski definition) is 2. The minimum absolute atomic E-state index is 0.259. The van der Waals surface area contributed by atoms with E-state index in [9.17, 15) is 0 Å². The highest BCUT2D eigenvalue weighted by Gasteiger charge is 2.10. The molecule has 2 aromatic carbocycles. The van der Waals surface area contributed by atoms with Crippen molar-refractivity contribution in [1.29, 1.82) is 0 Å². The summed E-state index contributed by atoms with van der Waals surface area (Å²) in [7, 11) is 0. The van der Waals surface area contributed by atoms with Gasteiger partial charge < -0.3 is 11.1 Å². The average molecular weight is 388 g/mol. The number of nitrogens with one attached hydrogen (secondary N) is 1. The molecule has 3 N–H and O–H groups in total. The van der Waals surface area contributed by atoms with Gasteiger partial charge in [-0.25, -0.2) is 9.97 Å². The van der Waals surface area contributed by atoms with Gasteiger partial charge in [0.05, 0.1) is 12.2 Å². The summed E-state index contributed by atoms with van der Waals surface area (Å²) in [6, 6.07) is 18.3. The average Bonchev–Trinajstić information content (AvgIpc) is 3.18. The molecule has 0 fully saturated rings. The topological polar surface area (TPSA) is 76.7 Å². The molecule has 4 aromatic rings. The molecule has 5 nitrogen and oxygen atoms in total. The number of aryl methyl sites for hydroxylation is 1. The molecule has 2 heterocycles. The van der Waals surface area contributed by atoms with Crippen LogP contribution in [0.1, 0.15) is 16.0 Å². The van der Waals surface area contributed by atoms with E-state index in [0.717, 1.165) is 26.7 Å². The Morgan fingerprint density at radius 1 is 1.00 bits per heavy atom. The van der Waals surface area contributed by atoms with E-state index in [0.29, 0.717) is 12.4 Å². The second kappa shape index (κ2) is 7.78. The van der Waals surface area contributed by atoms with Crippen LogP contribution < -0.4 is 11.1 Å². The molecular weight excluding hydrogens is 366 g/mol. The van der Waals surface area contributed by atoms with Gasteiger partial charge in [-0.1, -0.05) is 48.5 Å². The highest BCUT2D eigenvalue weighted by atomic mass is 32.1. The van der Waals surface area contributed by atoms with E-state index in [1.54, 1.807) is 11.3 Å². The molecule has 0 spiro atoms. The Bertz CT molecular complexity index is 1110. The molecule has 0 radical (unpaired) electrons. The monoisotopic (exact) mass is 387 g/mol. The third kappa shape index (κ3) is 3.87. The smallest absolute Gasteiger partial charge is 0.222 e. The Balaban J connectivity index is 1.54. The molecule has 0 saturated carbocycles. The zero-order valence-electron chi connectivity index (χ0n) is 15.8. The molecule has 0 aliphatic heterocycles. The van der Waals surface area contributed by atoms with Crippen LogP contribution in [0.4, 0.5) is 11.8 Å². The molecule has 0 bridgehead atoms. The summed E-state index contributed by atoms with van der Waals surface area (Å²) in [5.74, 6) is 0.966. The zero-order chi connectivity index (χ0) is 19.5. The van der Waals surface area contributed by atoms with Gasteiger partial charge >= 0.3 is 0 Å². The lowest BCUT2D eigenvalue weighted by atomic mass is 10.0. The van der Waals surface area contributed by atoms with Crippen molar-refractivity contribution in [2.24, 2.45) is 0 Å². The molecule has 6 heteroatoms. The SMILES string of the molecule is Cc1cccc(-c2cc(NCc3cnc(-c4ccccc4)s3)nc(N)n2)c1C.